The quantitative estimate of drug-likeness (QED) is 0.811. The van der Waals surface area contributed by atoms with Crippen LogP contribution < -0.4 is 5.73 Å². The average molecular weight is 258 g/mol. The number of hydrogen-bond acceptors (Lipinski definition) is 2. The molecule has 0 spiro atoms. The number of carboxylic acids is 1. The monoisotopic (exact) mass is 257 g/mol. The van der Waals surface area contributed by atoms with Crippen molar-refractivity contribution in [1.82, 2.24) is 0 Å². The van der Waals surface area contributed by atoms with Crippen LogP contribution in [0.15, 0.2) is 0 Å². The Morgan fingerprint density at radius 3 is 2.00 bits per heavy atom. The Bertz CT molecular complexity index is 177. The normalized spacial score (nSPS) is 14.6. The van der Waals surface area contributed by atoms with E-state index >= 15 is 0 Å². The standard InChI is InChI=1S/C6H10F3NO2.2ClH/c1-3(6(7,8)9)2-4(10)5(11)12;;/h3-4H,2,10H2,1H3,(H,11,12);2*1H. The van der Waals surface area contributed by atoms with Gasteiger partial charge in [0.25, 0.3) is 0 Å². The number of hydrogen-bond donors (Lipinski definition) is 2. The molecule has 0 rings (SSSR count). The third kappa shape index (κ3) is 7.23. The molecule has 0 heterocycles. The van der Waals surface area contributed by atoms with Gasteiger partial charge in [0.15, 0.2) is 0 Å². The molecule has 0 aromatic carbocycles. The molecule has 0 aliphatic rings. The first kappa shape index (κ1) is 19.4. The minimum Gasteiger partial charge on any atom is -0.480 e. The van der Waals surface area contributed by atoms with Gasteiger partial charge in [0.1, 0.15) is 6.04 Å². The zero-order chi connectivity index (χ0) is 9.94. The van der Waals surface area contributed by atoms with Crippen molar-refractivity contribution in [3.8, 4) is 0 Å². The van der Waals surface area contributed by atoms with Crippen molar-refractivity contribution in [1.29, 1.82) is 0 Å². The average Bonchev–Trinajstić information content (AvgIpc) is 1.85. The molecule has 8 heteroatoms. The first-order valence-electron chi connectivity index (χ1n) is 3.30. The molecule has 14 heavy (non-hydrogen) atoms. The summed E-state index contributed by atoms with van der Waals surface area (Å²) in [6, 6.07) is -1.44. The van der Waals surface area contributed by atoms with Gasteiger partial charge in [-0.1, -0.05) is 6.92 Å². The predicted octanol–water partition coefficient (Wildman–Crippen LogP) is 1.83. The molecule has 88 valence electrons. The zero-order valence-corrected chi connectivity index (χ0v) is 8.88. The lowest BCUT2D eigenvalue weighted by Crippen LogP contribution is -2.35. The van der Waals surface area contributed by atoms with Crippen molar-refractivity contribution in [2.45, 2.75) is 25.6 Å². The van der Waals surface area contributed by atoms with Gasteiger partial charge < -0.3 is 10.8 Å². The fourth-order valence-corrected chi connectivity index (χ4v) is 0.615. The number of rotatable bonds is 3. The van der Waals surface area contributed by atoms with E-state index in [1.807, 2.05) is 0 Å². The number of aliphatic carboxylic acids is 1. The van der Waals surface area contributed by atoms with E-state index in [2.05, 4.69) is 0 Å². The molecule has 2 atom stereocenters. The first-order valence-corrected chi connectivity index (χ1v) is 3.30. The highest BCUT2D eigenvalue weighted by Gasteiger charge is 2.37. The molecule has 2 unspecified atom stereocenters. The Labute approximate surface area is 91.7 Å². The van der Waals surface area contributed by atoms with E-state index in [1.54, 1.807) is 0 Å². The smallest absolute Gasteiger partial charge is 0.391 e. The van der Waals surface area contributed by atoms with Crippen LogP contribution in [0.3, 0.4) is 0 Å². The summed E-state index contributed by atoms with van der Waals surface area (Å²) in [5.41, 5.74) is 4.91. The summed E-state index contributed by atoms with van der Waals surface area (Å²) in [5, 5.41) is 8.20. The molecule has 0 aromatic heterocycles. The highest BCUT2D eigenvalue weighted by Crippen LogP contribution is 2.28. The van der Waals surface area contributed by atoms with Crippen LogP contribution in [0.4, 0.5) is 13.2 Å². The van der Waals surface area contributed by atoms with E-state index in [0.717, 1.165) is 6.92 Å². The van der Waals surface area contributed by atoms with Crippen molar-refractivity contribution >= 4 is 30.8 Å². The van der Waals surface area contributed by atoms with E-state index in [1.165, 1.54) is 0 Å². The molecular weight excluding hydrogens is 246 g/mol. The van der Waals surface area contributed by atoms with Gasteiger partial charge in [-0.25, -0.2) is 0 Å². The van der Waals surface area contributed by atoms with E-state index in [9.17, 15) is 18.0 Å². The number of halogens is 5. The van der Waals surface area contributed by atoms with Crippen molar-refractivity contribution in [2.24, 2.45) is 11.7 Å². The van der Waals surface area contributed by atoms with E-state index < -0.39 is 30.5 Å². The van der Waals surface area contributed by atoms with Crippen LogP contribution in [0, 0.1) is 5.92 Å². The Morgan fingerprint density at radius 2 is 1.79 bits per heavy atom. The van der Waals surface area contributed by atoms with Gasteiger partial charge in [0, 0.05) is 0 Å². The number of nitrogens with two attached hydrogens (primary N) is 1. The molecule has 0 amide bonds. The largest absolute Gasteiger partial charge is 0.480 e. The van der Waals surface area contributed by atoms with Gasteiger partial charge in [-0.3, -0.25) is 4.79 Å². The summed E-state index contributed by atoms with van der Waals surface area (Å²) in [4.78, 5) is 10.1. The van der Waals surface area contributed by atoms with E-state index in [0.29, 0.717) is 0 Å². The predicted molar refractivity (Wildman–Crippen MR) is 49.9 cm³/mol. The maximum absolute atomic E-state index is 11.8. The van der Waals surface area contributed by atoms with Crippen molar-refractivity contribution < 1.29 is 23.1 Å². The van der Waals surface area contributed by atoms with E-state index in [-0.39, 0.29) is 24.8 Å². The van der Waals surface area contributed by atoms with Crippen molar-refractivity contribution in [3.63, 3.8) is 0 Å². The molecule has 0 aliphatic heterocycles. The van der Waals surface area contributed by atoms with Gasteiger partial charge >= 0.3 is 12.1 Å². The topological polar surface area (TPSA) is 63.3 Å². The number of carbonyl (C=O) groups is 1. The van der Waals surface area contributed by atoms with Crippen LogP contribution >= 0.6 is 24.8 Å². The summed E-state index contributed by atoms with van der Waals surface area (Å²) < 4.78 is 35.5. The highest BCUT2D eigenvalue weighted by atomic mass is 35.5. The lowest BCUT2D eigenvalue weighted by molar-refractivity contribution is -0.173. The Hall–Kier alpha value is -0.200. The van der Waals surface area contributed by atoms with Crippen LogP contribution in [0.5, 0.6) is 0 Å². The summed E-state index contributed by atoms with van der Waals surface area (Å²) in [5.74, 6) is -3.09. The molecule has 0 aromatic rings. The third-order valence-corrected chi connectivity index (χ3v) is 1.48. The molecule has 0 radical (unpaired) electrons. The molecule has 0 saturated carbocycles. The van der Waals surface area contributed by atoms with E-state index in [4.69, 9.17) is 10.8 Å². The SMILES string of the molecule is CC(CC(N)C(=O)O)C(F)(F)F.Cl.Cl. The minimum absolute atomic E-state index is 0. The van der Waals surface area contributed by atoms with Gasteiger partial charge in [-0.2, -0.15) is 13.2 Å². The van der Waals surface area contributed by atoms with Crippen LogP contribution in [0.25, 0.3) is 0 Å². The lowest BCUT2D eigenvalue weighted by atomic mass is 10.0. The molecule has 3 nitrogen and oxygen atoms in total. The molecule has 0 aliphatic carbocycles. The highest BCUT2D eigenvalue weighted by molar-refractivity contribution is 5.85. The molecule has 3 N–H and O–H groups in total. The van der Waals surface area contributed by atoms with Crippen molar-refractivity contribution in [3.05, 3.63) is 0 Å². The maximum Gasteiger partial charge on any atom is 0.391 e. The second-order valence-corrected chi connectivity index (χ2v) is 2.62. The Kier molecular flexibility index (Phi) is 9.89. The Balaban J connectivity index is -0.000000605. The van der Waals surface area contributed by atoms with Crippen molar-refractivity contribution in [2.75, 3.05) is 0 Å². The van der Waals surface area contributed by atoms with Gasteiger partial charge in [-0.05, 0) is 6.42 Å². The van der Waals surface area contributed by atoms with Gasteiger partial charge in [0.05, 0.1) is 5.92 Å². The minimum atomic E-state index is -4.37. The fourth-order valence-electron chi connectivity index (χ4n) is 0.615. The summed E-state index contributed by atoms with van der Waals surface area (Å²) >= 11 is 0. The Morgan fingerprint density at radius 1 is 1.43 bits per heavy atom. The van der Waals surface area contributed by atoms with Crippen LogP contribution in [0.1, 0.15) is 13.3 Å². The summed E-state index contributed by atoms with van der Waals surface area (Å²) in [7, 11) is 0. The second kappa shape index (κ2) is 7.14. The van der Waals surface area contributed by atoms with Gasteiger partial charge in [-0.15, -0.1) is 24.8 Å². The first-order chi connectivity index (χ1) is 5.25. The number of alkyl halides is 3. The fraction of sp³-hybridized carbons (Fsp3) is 0.833. The summed E-state index contributed by atoms with van der Waals surface area (Å²) in [6.07, 6.45) is -4.95. The van der Waals surface area contributed by atoms with Crippen LogP contribution in [-0.4, -0.2) is 23.3 Å². The molecule has 0 bridgehead atoms. The third-order valence-electron chi connectivity index (χ3n) is 1.48. The second-order valence-electron chi connectivity index (χ2n) is 2.62. The lowest BCUT2D eigenvalue weighted by Gasteiger charge is -2.16. The molecule has 0 saturated heterocycles. The number of carboxylic acid groups (broad SMARTS) is 1. The van der Waals surface area contributed by atoms with Crippen LogP contribution in [0.2, 0.25) is 0 Å². The molecular formula is C6H12Cl2F3NO2. The van der Waals surface area contributed by atoms with Gasteiger partial charge in [0.2, 0.25) is 0 Å². The summed E-state index contributed by atoms with van der Waals surface area (Å²) in [6.45, 7) is 0.906. The zero-order valence-electron chi connectivity index (χ0n) is 7.25. The molecule has 0 fully saturated rings. The maximum atomic E-state index is 11.8. The van der Waals surface area contributed by atoms with Crippen LogP contribution in [-0.2, 0) is 4.79 Å².